The fourth-order valence-corrected chi connectivity index (χ4v) is 1.47. The van der Waals surface area contributed by atoms with Gasteiger partial charge in [-0.1, -0.05) is 19.9 Å². The molecule has 2 N–H and O–H groups in total. The van der Waals surface area contributed by atoms with E-state index in [1.54, 1.807) is 12.1 Å². The van der Waals surface area contributed by atoms with Crippen LogP contribution in [-0.2, 0) is 4.74 Å². The zero-order chi connectivity index (χ0) is 13.5. The maximum Gasteiger partial charge on any atom is 0.268 e. The molecule has 1 rings (SSSR count). The molecule has 0 aliphatic heterocycles. The Morgan fingerprint density at radius 1 is 1.44 bits per heavy atom. The highest BCUT2D eigenvalue weighted by atomic mass is 16.5. The van der Waals surface area contributed by atoms with Gasteiger partial charge in [-0.15, -0.1) is 0 Å². The summed E-state index contributed by atoms with van der Waals surface area (Å²) < 4.78 is 5.33. The average Bonchev–Trinajstić information content (AvgIpc) is 2.33. The van der Waals surface area contributed by atoms with Gasteiger partial charge in [0.1, 0.15) is 5.69 Å². The summed E-state index contributed by atoms with van der Waals surface area (Å²) in [5.41, 5.74) is -0.0156. The molecule has 5 nitrogen and oxygen atoms in total. The van der Waals surface area contributed by atoms with Crippen molar-refractivity contribution in [2.45, 2.75) is 26.8 Å². The topological polar surface area (TPSA) is 71.2 Å². The number of hydrogen-bond acceptors (Lipinski definition) is 3. The third-order valence-corrected chi connectivity index (χ3v) is 2.64. The molecular weight excluding hydrogens is 232 g/mol. The van der Waals surface area contributed by atoms with E-state index in [-0.39, 0.29) is 29.1 Å². The number of aromatic nitrogens is 1. The van der Waals surface area contributed by atoms with Gasteiger partial charge in [0, 0.05) is 12.7 Å². The van der Waals surface area contributed by atoms with Crippen LogP contribution in [0.1, 0.15) is 31.3 Å². The summed E-state index contributed by atoms with van der Waals surface area (Å²) in [5, 5.41) is 2.86. The van der Waals surface area contributed by atoms with Crippen molar-refractivity contribution < 1.29 is 9.53 Å². The lowest BCUT2D eigenvalue weighted by molar-refractivity contribution is 0.0802. The molecule has 1 atom stereocenters. The van der Waals surface area contributed by atoms with Crippen molar-refractivity contribution in [3.8, 4) is 0 Å². The van der Waals surface area contributed by atoms with Crippen LogP contribution < -0.4 is 10.9 Å². The van der Waals surface area contributed by atoms with Crippen molar-refractivity contribution >= 4 is 5.91 Å². The minimum absolute atomic E-state index is 0.0684. The fraction of sp³-hybridized carbons (Fsp3) is 0.538. The predicted octanol–water partition coefficient (Wildman–Crippen LogP) is 1.17. The highest BCUT2D eigenvalue weighted by molar-refractivity contribution is 5.92. The summed E-state index contributed by atoms with van der Waals surface area (Å²) in [6, 6.07) is 4.44. The average molecular weight is 252 g/mol. The maximum atomic E-state index is 11.9. The number of H-pyrrole nitrogens is 1. The van der Waals surface area contributed by atoms with E-state index in [0.717, 1.165) is 0 Å². The lowest BCUT2D eigenvalue weighted by Gasteiger charge is -2.21. The second-order valence-electron chi connectivity index (χ2n) is 4.41. The van der Waals surface area contributed by atoms with Crippen molar-refractivity contribution in [2.75, 3.05) is 13.2 Å². The first-order valence-corrected chi connectivity index (χ1v) is 6.12. The van der Waals surface area contributed by atoms with Gasteiger partial charge in [0.15, 0.2) is 0 Å². The number of hydrogen-bond donors (Lipinski definition) is 2. The molecule has 0 spiro atoms. The van der Waals surface area contributed by atoms with E-state index in [4.69, 9.17) is 4.74 Å². The van der Waals surface area contributed by atoms with E-state index in [2.05, 4.69) is 10.3 Å². The molecular formula is C13H20N2O3. The molecule has 0 saturated heterocycles. The van der Waals surface area contributed by atoms with E-state index in [9.17, 15) is 9.59 Å². The Morgan fingerprint density at radius 3 is 2.72 bits per heavy atom. The second-order valence-corrected chi connectivity index (χ2v) is 4.41. The summed E-state index contributed by atoms with van der Waals surface area (Å²) in [5.74, 6) is -0.0259. The molecule has 1 aromatic rings. The SMILES string of the molecule is CCOCC(NC(=O)c1cccc(=O)[nH]1)C(C)C. The minimum Gasteiger partial charge on any atom is -0.380 e. The van der Waals surface area contributed by atoms with Gasteiger partial charge in [-0.3, -0.25) is 9.59 Å². The maximum absolute atomic E-state index is 11.9. The first kappa shape index (κ1) is 14.4. The molecule has 100 valence electrons. The number of aromatic amines is 1. The van der Waals surface area contributed by atoms with Crippen LogP contribution in [0.3, 0.4) is 0 Å². The van der Waals surface area contributed by atoms with E-state index >= 15 is 0 Å². The first-order valence-electron chi connectivity index (χ1n) is 6.12. The Kier molecular flexibility index (Phi) is 5.58. The molecule has 0 aliphatic carbocycles. The fourth-order valence-electron chi connectivity index (χ4n) is 1.47. The van der Waals surface area contributed by atoms with Crippen molar-refractivity contribution in [3.63, 3.8) is 0 Å². The number of ether oxygens (including phenoxy) is 1. The van der Waals surface area contributed by atoms with Crippen LogP contribution in [0, 0.1) is 5.92 Å². The number of carbonyl (C=O) groups is 1. The van der Waals surface area contributed by atoms with E-state index < -0.39 is 0 Å². The zero-order valence-electron chi connectivity index (χ0n) is 11.0. The van der Waals surface area contributed by atoms with Gasteiger partial charge in [0.2, 0.25) is 5.56 Å². The van der Waals surface area contributed by atoms with Gasteiger partial charge in [-0.2, -0.15) is 0 Å². The van der Waals surface area contributed by atoms with Crippen LogP contribution >= 0.6 is 0 Å². The van der Waals surface area contributed by atoms with Gasteiger partial charge in [-0.25, -0.2) is 0 Å². The summed E-state index contributed by atoms with van der Waals surface area (Å²) >= 11 is 0. The first-order chi connectivity index (χ1) is 8.54. The standard InChI is InChI=1S/C13H20N2O3/c1-4-18-8-11(9(2)3)15-13(17)10-6-5-7-12(16)14-10/h5-7,9,11H,4,8H2,1-3H3,(H,14,16)(H,15,17). The lowest BCUT2D eigenvalue weighted by atomic mass is 10.1. The Bertz CT molecular complexity index is 440. The molecule has 0 saturated carbocycles. The van der Waals surface area contributed by atoms with Gasteiger partial charge >= 0.3 is 0 Å². The number of pyridine rings is 1. The predicted molar refractivity (Wildman–Crippen MR) is 69.6 cm³/mol. The molecule has 5 heteroatoms. The number of nitrogens with one attached hydrogen (secondary N) is 2. The summed E-state index contributed by atoms with van der Waals surface area (Å²) in [7, 11) is 0. The summed E-state index contributed by atoms with van der Waals surface area (Å²) in [4.78, 5) is 25.6. The third-order valence-electron chi connectivity index (χ3n) is 2.64. The smallest absolute Gasteiger partial charge is 0.268 e. The van der Waals surface area contributed by atoms with Crippen LogP contribution in [-0.4, -0.2) is 30.1 Å². The second kappa shape index (κ2) is 6.96. The number of carbonyl (C=O) groups excluding carboxylic acids is 1. The van der Waals surface area contributed by atoms with Crippen molar-refractivity contribution in [2.24, 2.45) is 5.92 Å². The Hall–Kier alpha value is -1.62. The van der Waals surface area contributed by atoms with Crippen molar-refractivity contribution in [3.05, 3.63) is 34.2 Å². The lowest BCUT2D eigenvalue weighted by Crippen LogP contribution is -2.42. The summed E-state index contributed by atoms with van der Waals surface area (Å²) in [6.45, 7) is 7.02. The summed E-state index contributed by atoms with van der Waals surface area (Å²) in [6.07, 6.45) is 0. The molecule has 0 aromatic carbocycles. The van der Waals surface area contributed by atoms with Gasteiger partial charge in [-0.05, 0) is 18.9 Å². The molecule has 0 fully saturated rings. The molecule has 0 bridgehead atoms. The van der Waals surface area contributed by atoms with Gasteiger partial charge in [0.05, 0.1) is 12.6 Å². The van der Waals surface area contributed by atoms with E-state index in [1.807, 2.05) is 20.8 Å². The highest BCUT2D eigenvalue weighted by Gasteiger charge is 2.17. The normalized spacial score (nSPS) is 12.4. The Labute approximate surface area is 107 Å². The van der Waals surface area contributed by atoms with Crippen LogP contribution in [0.5, 0.6) is 0 Å². The number of amides is 1. The van der Waals surface area contributed by atoms with Crippen LogP contribution in [0.2, 0.25) is 0 Å². The molecule has 1 unspecified atom stereocenters. The van der Waals surface area contributed by atoms with Gasteiger partial charge < -0.3 is 15.0 Å². The van der Waals surface area contributed by atoms with E-state index in [1.165, 1.54) is 6.07 Å². The van der Waals surface area contributed by atoms with Crippen LogP contribution in [0.25, 0.3) is 0 Å². The molecule has 1 aromatic heterocycles. The monoisotopic (exact) mass is 252 g/mol. The van der Waals surface area contributed by atoms with Crippen LogP contribution in [0.4, 0.5) is 0 Å². The van der Waals surface area contributed by atoms with Crippen LogP contribution in [0.15, 0.2) is 23.0 Å². The molecule has 1 amide bonds. The molecule has 18 heavy (non-hydrogen) atoms. The minimum atomic E-state index is -0.286. The Balaban J connectivity index is 2.69. The third kappa shape index (κ3) is 4.33. The zero-order valence-corrected chi connectivity index (χ0v) is 11.0. The largest absolute Gasteiger partial charge is 0.380 e. The van der Waals surface area contributed by atoms with E-state index in [0.29, 0.717) is 13.2 Å². The molecule has 0 aliphatic rings. The highest BCUT2D eigenvalue weighted by Crippen LogP contribution is 2.03. The van der Waals surface area contributed by atoms with Crippen molar-refractivity contribution in [1.29, 1.82) is 0 Å². The Morgan fingerprint density at radius 2 is 2.17 bits per heavy atom. The van der Waals surface area contributed by atoms with Crippen molar-refractivity contribution in [1.82, 2.24) is 10.3 Å². The molecule has 0 radical (unpaired) electrons. The number of rotatable bonds is 6. The van der Waals surface area contributed by atoms with Gasteiger partial charge in [0.25, 0.3) is 5.91 Å². The molecule has 1 heterocycles. The quantitative estimate of drug-likeness (QED) is 0.798.